The summed E-state index contributed by atoms with van der Waals surface area (Å²) < 4.78 is 23.9. The van der Waals surface area contributed by atoms with Crippen molar-refractivity contribution in [2.75, 3.05) is 34.9 Å². The predicted octanol–water partition coefficient (Wildman–Crippen LogP) is 3.24. The molecule has 130 valence electrons. The first-order valence-corrected chi connectivity index (χ1v) is 7.89. The molecule has 2 aromatic rings. The van der Waals surface area contributed by atoms with Crippen LogP contribution in [0.1, 0.15) is 17.2 Å². The van der Waals surface area contributed by atoms with Crippen molar-refractivity contribution < 1.29 is 13.9 Å². The molecule has 24 heavy (non-hydrogen) atoms. The van der Waals surface area contributed by atoms with Crippen LogP contribution in [-0.2, 0) is 6.54 Å². The molecule has 0 saturated carbocycles. The van der Waals surface area contributed by atoms with Crippen molar-refractivity contribution in [2.24, 2.45) is 0 Å². The van der Waals surface area contributed by atoms with E-state index in [1.54, 1.807) is 14.2 Å². The molecule has 1 unspecified atom stereocenters. The van der Waals surface area contributed by atoms with Crippen LogP contribution in [0.5, 0.6) is 11.5 Å². The number of ether oxygens (including phenoxy) is 2. The summed E-state index contributed by atoms with van der Waals surface area (Å²) in [6.45, 7) is 1.39. The van der Waals surface area contributed by atoms with Gasteiger partial charge in [0, 0.05) is 24.7 Å². The van der Waals surface area contributed by atoms with Gasteiger partial charge in [0.15, 0.2) is 11.5 Å². The fourth-order valence-electron chi connectivity index (χ4n) is 2.72. The molecule has 0 aromatic heterocycles. The molecular weight excluding hydrogens is 307 g/mol. The highest BCUT2D eigenvalue weighted by Crippen LogP contribution is 2.30. The van der Waals surface area contributed by atoms with E-state index in [1.165, 1.54) is 12.1 Å². The molecule has 0 amide bonds. The van der Waals surface area contributed by atoms with E-state index in [2.05, 4.69) is 10.2 Å². The van der Waals surface area contributed by atoms with Gasteiger partial charge in [-0.2, -0.15) is 0 Å². The van der Waals surface area contributed by atoms with Crippen LogP contribution < -0.4 is 14.8 Å². The Morgan fingerprint density at radius 2 is 1.75 bits per heavy atom. The van der Waals surface area contributed by atoms with Gasteiger partial charge in [0.2, 0.25) is 0 Å². The minimum Gasteiger partial charge on any atom is -0.493 e. The van der Waals surface area contributed by atoms with Crippen LogP contribution in [0.15, 0.2) is 42.5 Å². The summed E-state index contributed by atoms with van der Waals surface area (Å²) >= 11 is 0. The first kappa shape index (κ1) is 18.2. The zero-order valence-corrected chi connectivity index (χ0v) is 14.7. The molecule has 1 atom stereocenters. The van der Waals surface area contributed by atoms with E-state index in [9.17, 15) is 4.39 Å². The van der Waals surface area contributed by atoms with E-state index < -0.39 is 0 Å². The molecule has 2 aromatic carbocycles. The van der Waals surface area contributed by atoms with Crippen molar-refractivity contribution in [3.05, 3.63) is 59.4 Å². The number of methoxy groups -OCH3 is 2. The molecule has 0 aliphatic heterocycles. The molecule has 0 heterocycles. The average molecular weight is 332 g/mol. The normalized spacial score (nSPS) is 12.2. The van der Waals surface area contributed by atoms with Crippen LogP contribution in [0.2, 0.25) is 0 Å². The number of likely N-dealkylation sites (N-methyl/N-ethyl adjacent to an activating group) is 1. The third-order valence-corrected chi connectivity index (χ3v) is 4.02. The summed E-state index contributed by atoms with van der Waals surface area (Å²) in [6.07, 6.45) is 0. The second-order valence-electron chi connectivity index (χ2n) is 5.81. The summed E-state index contributed by atoms with van der Waals surface area (Å²) in [5.41, 5.74) is 2.11. The van der Waals surface area contributed by atoms with Gasteiger partial charge in [0.25, 0.3) is 0 Å². The molecule has 0 fully saturated rings. The number of para-hydroxylation sites is 1. The molecule has 0 aliphatic rings. The highest BCUT2D eigenvalue weighted by atomic mass is 19.1. The minimum atomic E-state index is -0.217. The molecule has 0 aliphatic carbocycles. The van der Waals surface area contributed by atoms with E-state index in [1.807, 2.05) is 44.4 Å². The van der Waals surface area contributed by atoms with Gasteiger partial charge in [-0.25, -0.2) is 4.39 Å². The lowest BCUT2D eigenvalue weighted by atomic mass is 10.1. The van der Waals surface area contributed by atoms with E-state index in [0.29, 0.717) is 6.54 Å². The maximum Gasteiger partial charge on any atom is 0.165 e. The molecule has 5 heteroatoms. The third kappa shape index (κ3) is 4.46. The smallest absolute Gasteiger partial charge is 0.165 e. The molecule has 2 rings (SSSR count). The topological polar surface area (TPSA) is 33.7 Å². The second-order valence-corrected chi connectivity index (χ2v) is 5.81. The highest BCUT2D eigenvalue weighted by Gasteiger charge is 2.15. The van der Waals surface area contributed by atoms with Gasteiger partial charge in [-0.05, 0) is 37.9 Å². The zero-order valence-electron chi connectivity index (χ0n) is 14.7. The number of nitrogens with one attached hydrogen (secondary N) is 1. The molecule has 4 nitrogen and oxygen atoms in total. The van der Waals surface area contributed by atoms with Crippen molar-refractivity contribution in [3.8, 4) is 11.5 Å². The molecular formula is C19H25FN2O2. The third-order valence-electron chi connectivity index (χ3n) is 4.02. The van der Waals surface area contributed by atoms with Crippen LogP contribution >= 0.6 is 0 Å². The van der Waals surface area contributed by atoms with Crippen molar-refractivity contribution >= 4 is 0 Å². The zero-order chi connectivity index (χ0) is 17.5. The monoisotopic (exact) mass is 332 g/mol. The summed E-state index contributed by atoms with van der Waals surface area (Å²) in [7, 11) is 7.30. The van der Waals surface area contributed by atoms with Gasteiger partial charge in [-0.3, -0.25) is 0 Å². The first-order chi connectivity index (χ1) is 11.6. The van der Waals surface area contributed by atoms with Gasteiger partial charge in [0.05, 0.1) is 14.2 Å². The highest BCUT2D eigenvalue weighted by molar-refractivity contribution is 5.46. The lowest BCUT2D eigenvalue weighted by Gasteiger charge is -2.25. The van der Waals surface area contributed by atoms with Crippen molar-refractivity contribution in [1.82, 2.24) is 10.2 Å². The fourth-order valence-corrected chi connectivity index (χ4v) is 2.72. The Balaban J connectivity index is 2.05. The summed E-state index contributed by atoms with van der Waals surface area (Å²) in [4.78, 5) is 2.11. The molecule has 0 spiro atoms. The predicted molar refractivity (Wildman–Crippen MR) is 94.1 cm³/mol. The van der Waals surface area contributed by atoms with Crippen molar-refractivity contribution in [1.29, 1.82) is 0 Å². The molecule has 1 N–H and O–H groups in total. The summed E-state index contributed by atoms with van der Waals surface area (Å²) in [5, 5.41) is 3.45. The van der Waals surface area contributed by atoms with Crippen LogP contribution in [-0.4, -0.2) is 39.8 Å². The van der Waals surface area contributed by atoms with E-state index in [4.69, 9.17) is 9.47 Å². The Labute approximate surface area is 143 Å². The van der Waals surface area contributed by atoms with Gasteiger partial charge in [-0.1, -0.05) is 24.3 Å². The Kier molecular flexibility index (Phi) is 6.58. The van der Waals surface area contributed by atoms with Crippen molar-refractivity contribution in [3.63, 3.8) is 0 Å². The maximum absolute atomic E-state index is 13.1. The van der Waals surface area contributed by atoms with E-state index >= 15 is 0 Å². The molecule has 0 bridgehead atoms. The van der Waals surface area contributed by atoms with Crippen molar-refractivity contribution in [2.45, 2.75) is 12.6 Å². The average Bonchev–Trinajstić information content (AvgIpc) is 2.59. The number of nitrogens with zero attached hydrogens (tertiary/aromatic N) is 1. The summed E-state index contributed by atoms with van der Waals surface area (Å²) in [5.74, 6) is 1.25. The summed E-state index contributed by atoms with van der Waals surface area (Å²) in [6, 6.07) is 12.6. The quantitative estimate of drug-likeness (QED) is 0.805. The number of benzene rings is 2. The van der Waals surface area contributed by atoms with Crippen LogP contribution in [0, 0.1) is 5.82 Å². The minimum absolute atomic E-state index is 0.155. The first-order valence-electron chi connectivity index (χ1n) is 7.89. The van der Waals surface area contributed by atoms with Gasteiger partial charge in [0.1, 0.15) is 5.82 Å². The fraction of sp³-hybridized carbons (Fsp3) is 0.368. The Hall–Kier alpha value is -2.11. The van der Waals surface area contributed by atoms with Gasteiger partial charge < -0.3 is 19.7 Å². The number of rotatable bonds is 8. The lowest BCUT2D eigenvalue weighted by Crippen LogP contribution is -2.30. The van der Waals surface area contributed by atoms with Crippen LogP contribution in [0.4, 0.5) is 4.39 Å². The SMILES string of the molecule is COc1cccc(CNCC(c2ccc(F)cc2)N(C)C)c1OC. The number of hydrogen-bond acceptors (Lipinski definition) is 4. The molecule has 0 saturated heterocycles. The maximum atomic E-state index is 13.1. The second kappa shape index (κ2) is 8.66. The van der Waals surface area contributed by atoms with Crippen LogP contribution in [0.3, 0.4) is 0 Å². The number of halogens is 1. The Morgan fingerprint density at radius 1 is 1.04 bits per heavy atom. The van der Waals surface area contributed by atoms with Gasteiger partial charge >= 0.3 is 0 Å². The Bertz CT molecular complexity index is 644. The van der Waals surface area contributed by atoms with Crippen LogP contribution in [0.25, 0.3) is 0 Å². The van der Waals surface area contributed by atoms with E-state index in [0.717, 1.165) is 29.2 Å². The van der Waals surface area contributed by atoms with E-state index in [-0.39, 0.29) is 11.9 Å². The molecule has 0 radical (unpaired) electrons. The standard InChI is InChI=1S/C19H25FN2O2/c1-22(2)17(14-8-10-16(20)11-9-14)13-21-12-15-6-5-7-18(23-3)19(15)24-4/h5-11,17,21H,12-13H2,1-4H3. The van der Waals surface area contributed by atoms with Gasteiger partial charge in [-0.15, -0.1) is 0 Å². The largest absolute Gasteiger partial charge is 0.493 e. The Morgan fingerprint density at radius 3 is 2.33 bits per heavy atom. The number of hydrogen-bond donors (Lipinski definition) is 1. The lowest BCUT2D eigenvalue weighted by molar-refractivity contribution is 0.287.